The van der Waals surface area contributed by atoms with Crippen molar-refractivity contribution in [1.82, 2.24) is 14.8 Å². The van der Waals surface area contributed by atoms with Gasteiger partial charge < -0.3 is 10.1 Å². The van der Waals surface area contributed by atoms with Gasteiger partial charge in [-0.1, -0.05) is 23.9 Å². The standard InChI is InChI=1S/C17H22N4O3S/c1-11-5-3-6-13(9-11)18-15(22)12(2)25-17-20-19-16(23)21(17)10-14-7-4-8-24-14/h3,5-6,9,12,14H,4,7-8,10H2,1-2H3,(H,18,22)(H,19,23). The van der Waals surface area contributed by atoms with Crippen LogP contribution in [0.2, 0.25) is 0 Å². The number of aromatic nitrogens is 3. The molecule has 134 valence electrons. The van der Waals surface area contributed by atoms with Crippen LogP contribution in [0.25, 0.3) is 0 Å². The van der Waals surface area contributed by atoms with Crippen LogP contribution in [0.3, 0.4) is 0 Å². The molecule has 25 heavy (non-hydrogen) atoms. The summed E-state index contributed by atoms with van der Waals surface area (Å²) in [5.41, 5.74) is 1.57. The molecule has 1 saturated heterocycles. The Balaban J connectivity index is 1.65. The van der Waals surface area contributed by atoms with E-state index >= 15 is 0 Å². The number of hydrogen-bond donors (Lipinski definition) is 2. The first-order valence-electron chi connectivity index (χ1n) is 8.34. The number of amides is 1. The minimum atomic E-state index is -0.390. The zero-order valence-corrected chi connectivity index (χ0v) is 15.1. The fourth-order valence-corrected chi connectivity index (χ4v) is 3.59. The molecule has 1 aliphatic rings. The van der Waals surface area contributed by atoms with Crippen molar-refractivity contribution >= 4 is 23.4 Å². The first kappa shape index (κ1) is 17.8. The number of thioether (sulfide) groups is 1. The Bertz CT molecular complexity index is 795. The number of ether oxygens (including phenoxy) is 1. The lowest BCUT2D eigenvalue weighted by atomic mass is 10.2. The number of nitrogens with zero attached hydrogens (tertiary/aromatic N) is 2. The minimum Gasteiger partial charge on any atom is -0.376 e. The van der Waals surface area contributed by atoms with E-state index in [-0.39, 0.29) is 23.0 Å². The third-order valence-electron chi connectivity index (χ3n) is 4.07. The van der Waals surface area contributed by atoms with Crippen molar-refractivity contribution in [1.29, 1.82) is 0 Å². The second kappa shape index (κ2) is 7.88. The van der Waals surface area contributed by atoms with Gasteiger partial charge in [0.15, 0.2) is 5.16 Å². The Kier molecular flexibility index (Phi) is 5.60. The number of anilines is 1. The first-order valence-corrected chi connectivity index (χ1v) is 9.22. The van der Waals surface area contributed by atoms with Gasteiger partial charge in [-0.15, -0.1) is 5.10 Å². The second-order valence-electron chi connectivity index (χ2n) is 6.18. The van der Waals surface area contributed by atoms with E-state index in [0.29, 0.717) is 11.7 Å². The highest BCUT2D eigenvalue weighted by molar-refractivity contribution is 8.00. The van der Waals surface area contributed by atoms with Gasteiger partial charge in [-0.3, -0.25) is 9.36 Å². The molecular formula is C17H22N4O3S. The van der Waals surface area contributed by atoms with Gasteiger partial charge in [0.1, 0.15) is 0 Å². The van der Waals surface area contributed by atoms with Crippen LogP contribution < -0.4 is 11.0 Å². The van der Waals surface area contributed by atoms with E-state index in [2.05, 4.69) is 15.5 Å². The average Bonchev–Trinajstić information content (AvgIpc) is 3.20. The summed E-state index contributed by atoms with van der Waals surface area (Å²) in [6, 6.07) is 7.64. The van der Waals surface area contributed by atoms with Crippen molar-refractivity contribution in [3.63, 3.8) is 0 Å². The maximum atomic E-state index is 12.4. The lowest BCUT2D eigenvalue weighted by Gasteiger charge is -2.14. The van der Waals surface area contributed by atoms with Crippen LogP contribution in [0.4, 0.5) is 5.69 Å². The molecule has 7 nitrogen and oxygen atoms in total. The molecule has 3 rings (SSSR count). The number of H-pyrrole nitrogens is 1. The molecule has 1 aromatic heterocycles. The molecule has 1 fully saturated rings. The van der Waals surface area contributed by atoms with E-state index < -0.39 is 0 Å². The molecule has 0 radical (unpaired) electrons. The lowest BCUT2D eigenvalue weighted by molar-refractivity contribution is -0.115. The summed E-state index contributed by atoms with van der Waals surface area (Å²) in [6.07, 6.45) is 1.98. The van der Waals surface area contributed by atoms with Crippen LogP contribution in [-0.4, -0.2) is 38.6 Å². The van der Waals surface area contributed by atoms with Crippen LogP contribution in [0.5, 0.6) is 0 Å². The van der Waals surface area contributed by atoms with Crippen molar-refractivity contribution in [2.75, 3.05) is 11.9 Å². The van der Waals surface area contributed by atoms with E-state index in [9.17, 15) is 9.59 Å². The summed E-state index contributed by atoms with van der Waals surface area (Å²) in [7, 11) is 0. The van der Waals surface area contributed by atoms with Crippen LogP contribution in [0, 0.1) is 6.92 Å². The van der Waals surface area contributed by atoms with Gasteiger partial charge in [-0.05, 0) is 44.4 Å². The van der Waals surface area contributed by atoms with Crippen LogP contribution in [0.15, 0.2) is 34.2 Å². The van der Waals surface area contributed by atoms with E-state index in [1.54, 1.807) is 11.5 Å². The fourth-order valence-electron chi connectivity index (χ4n) is 2.72. The Morgan fingerprint density at radius 3 is 3.12 bits per heavy atom. The number of hydrogen-bond acceptors (Lipinski definition) is 5. The van der Waals surface area contributed by atoms with Crippen molar-refractivity contribution in [2.24, 2.45) is 0 Å². The van der Waals surface area contributed by atoms with Crippen LogP contribution >= 0.6 is 11.8 Å². The van der Waals surface area contributed by atoms with Gasteiger partial charge in [-0.2, -0.15) is 0 Å². The molecule has 0 aliphatic carbocycles. The summed E-state index contributed by atoms with van der Waals surface area (Å²) >= 11 is 1.26. The number of aryl methyl sites for hydroxylation is 1. The predicted octanol–water partition coefficient (Wildman–Crippen LogP) is 2.18. The Morgan fingerprint density at radius 1 is 1.56 bits per heavy atom. The Labute approximate surface area is 150 Å². The molecule has 2 N–H and O–H groups in total. The molecule has 0 saturated carbocycles. The highest BCUT2D eigenvalue weighted by Crippen LogP contribution is 2.23. The van der Waals surface area contributed by atoms with Crippen molar-refractivity contribution in [3.05, 3.63) is 40.3 Å². The molecule has 2 aromatic rings. The molecule has 2 atom stereocenters. The molecule has 1 amide bonds. The van der Waals surface area contributed by atoms with Crippen LogP contribution in [-0.2, 0) is 16.1 Å². The Hall–Kier alpha value is -2.06. The van der Waals surface area contributed by atoms with E-state index in [0.717, 1.165) is 30.7 Å². The number of carbonyl (C=O) groups is 1. The molecule has 1 aromatic carbocycles. The van der Waals surface area contributed by atoms with Gasteiger partial charge in [0, 0.05) is 12.3 Å². The zero-order chi connectivity index (χ0) is 17.8. The molecule has 1 aliphatic heterocycles. The highest BCUT2D eigenvalue weighted by Gasteiger charge is 2.22. The maximum Gasteiger partial charge on any atom is 0.344 e. The number of rotatable bonds is 6. The van der Waals surface area contributed by atoms with E-state index in [1.807, 2.05) is 31.2 Å². The number of carbonyl (C=O) groups excluding carboxylic acids is 1. The van der Waals surface area contributed by atoms with Gasteiger partial charge in [0.05, 0.1) is 17.9 Å². The topological polar surface area (TPSA) is 89.0 Å². The third kappa shape index (κ3) is 4.52. The van der Waals surface area contributed by atoms with Gasteiger partial charge >= 0.3 is 5.69 Å². The van der Waals surface area contributed by atoms with E-state index in [4.69, 9.17) is 4.74 Å². The second-order valence-corrected chi connectivity index (χ2v) is 7.48. The largest absolute Gasteiger partial charge is 0.376 e. The summed E-state index contributed by atoms with van der Waals surface area (Å²) in [5.74, 6) is -0.130. The maximum absolute atomic E-state index is 12.4. The smallest absolute Gasteiger partial charge is 0.344 e. The van der Waals surface area contributed by atoms with Crippen molar-refractivity contribution in [3.8, 4) is 0 Å². The summed E-state index contributed by atoms with van der Waals surface area (Å²) in [6.45, 7) is 4.96. The number of aromatic amines is 1. The van der Waals surface area contributed by atoms with E-state index in [1.165, 1.54) is 11.8 Å². The predicted molar refractivity (Wildman–Crippen MR) is 96.9 cm³/mol. The number of benzene rings is 1. The average molecular weight is 362 g/mol. The monoisotopic (exact) mass is 362 g/mol. The highest BCUT2D eigenvalue weighted by atomic mass is 32.2. The lowest BCUT2D eigenvalue weighted by Crippen LogP contribution is -2.26. The molecular weight excluding hydrogens is 340 g/mol. The summed E-state index contributed by atoms with van der Waals surface area (Å²) in [5, 5.41) is 9.53. The molecule has 0 bridgehead atoms. The van der Waals surface area contributed by atoms with Crippen molar-refractivity contribution < 1.29 is 9.53 Å². The van der Waals surface area contributed by atoms with Gasteiger partial charge in [0.2, 0.25) is 5.91 Å². The fraction of sp³-hybridized carbons (Fsp3) is 0.471. The first-order chi connectivity index (χ1) is 12.0. The minimum absolute atomic E-state index is 0.0334. The summed E-state index contributed by atoms with van der Waals surface area (Å²) in [4.78, 5) is 24.4. The zero-order valence-electron chi connectivity index (χ0n) is 14.3. The van der Waals surface area contributed by atoms with Crippen LogP contribution in [0.1, 0.15) is 25.3 Å². The molecule has 8 heteroatoms. The molecule has 2 heterocycles. The van der Waals surface area contributed by atoms with Gasteiger partial charge in [-0.25, -0.2) is 9.89 Å². The van der Waals surface area contributed by atoms with Crippen molar-refractivity contribution in [2.45, 2.75) is 49.7 Å². The quantitative estimate of drug-likeness (QED) is 0.769. The Morgan fingerprint density at radius 2 is 2.40 bits per heavy atom. The van der Waals surface area contributed by atoms with Gasteiger partial charge in [0.25, 0.3) is 0 Å². The SMILES string of the molecule is Cc1cccc(NC(=O)C(C)Sc2n[nH]c(=O)n2CC2CCCO2)c1. The normalized spacial score (nSPS) is 18.2. The molecule has 0 spiro atoms. The third-order valence-corrected chi connectivity index (χ3v) is 5.16. The molecule has 2 unspecified atom stereocenters. The number of nitrogens with one attached hydrogen (secondary N) is 2. The summed E-state index contributed by atoms with van der Waals surface area (Å²) < 4.78 is 7.14.